The van der Waals surface area contributed by atoms with E-state index < -0.39 is 0 Å². The number of aliphatic hydroxyl groups excluding tert-OH is 1. The van der Waals surface area contributed by atoms with Gasteiger partial charge in [0.15, 0.2) is 5.82 Å². The van der Waals surface area contributed by atoms with E-state index in [1.54, 1.807) is 0 Å². The van der Waals surface area contributed by atoms with Crippen LogP contribution < -0.4 is 0 Å². The third kappa shape index (κ3) is 4.49. The van der Waals surface area contributed by atoms with Crippen LogP contribution in [-0.4, -0.2) is 26.6 Å². The Bertz CT molecular complexity index is 377. The molecule has 1 saturated carbocycles. The minimum absolute atomic E-state index is 0.321. The maximum atomic E-state index is 10.1. The van der Waals surface area contributed by atoms with Crippen LogP contribution in [0.2, 0.25) is 0 Å². The van der Waals surface area contributed by atoms with E-state index in [0.717, 1.165) is 30.8 Å². The number of hydrogen-bond donors (Lipinski definition) is 1. The highest BCUT2D eigenvalue weighted by atomic mass is 32.2. The topological polar surface area (TPSA) is 59.2 Å². The molecule has 0 spiro atoms. The quantitative estimate of drug-likeness (QED) is 0.833. The molecule has 0 aromatic carbocycles. The van der Waals surface area contributed by atoms with Gasteiger partial charge in [0.25, 0.3) is 0 Å². The fourth-order valence-corrected chi connectivity index (χ4v) is 3.24. The fourth-order valence-electron chi connectivity index (χ4n) is 2.45. The molecule has 1 aromatic heterocycles. The molecule has 0 bridgehead atoms. The van der Waals surface area contributed by atoms with Crippen molar-refractivity contribution in [3.05, 3.63) is 11.7 Å². The summed E-state index contributed by atoms with van der Waals surface area (Å²) in [7, 11) is 0. The average Bonchev–Trinajstić information content (AvgIpc) is 3.07. The van der Waals surface area contributed by atoms with Crippen LogP contribution in [-0.2, 0) is 12.2 Å². The van der Waals surface area contributed by atoms with Crippen LogP contribution in [0.1, 0.15) is 57.7 Å². The van der Waals surface area contributed by atoms with E-state index >= 15 is 0 Å². The highest BCUT2D eigenvalue weighted by Crippen LogP contribution is 2.29. The molecule has 2 rings (SSSR count). The average molecular weight is 284 g/mol. The first kappa shape index (κ1) is 14.9. The molecule has 1 aromatic rings. The van der Waals surface area contributed by atoms with Crippen LogP contribution >= 0.6 is 11.8 Å². The SMILES string of the molecule is CCC(C)SCc1noc(CC(O)C2CCCC2)n1. The molecule has 1 heterocycles. The summed E-state index contributed by atoms with van der Waals surface area (Å²) in [5.74, 6) is 2.54. The van der Waals surface area contributed by atoms with E-state index in [-0.39, 0.29) is 6.10 Å². The molecule has 108 valence electrons. The van der Waals surface area contributed by atoms with Gasteiger partial charge in [-0.05, 0) is 25.2 Å². The van der Waals surface area contributed by atoms with Crippen LogP contribution in [0.4, 0.5) is 0 Å². The van der Waals surface area contributed by atoms with E-state index in [1.807, 2.05) is 11.8 Å². The molecule has 0 saturated heterocycles. The molecular formula is C14H24N2O2S. The minimum Gasteiger partial charge on any atom is -0.392 e. The predicted molar refractivity (Wildman–Crippen MR) is 77.0 cm³/mol. The normalized spacial score (nSPS) is 19.7. The van der Waals surface area contributed by atoms with Crippen molar-refractivity contribution in [1.82, 2.24) is 10.1 Å². The molecule has 1 aliphatic rings. The summed E-state index contributed by atoms with van der Waals surface area (Å²) in [4.78, 5) is 4.37. The van der Waals surface area contributed by atoms with E-state index in [2.05, 4.69) is 24.0 Å². The molecular weight excluding hydrogens is 260 g/mol. The molecule has 5 heteroatoms. The Balaban J connectivity index is 1.79. The van der Waals surface area contributed by atoms with Gasteiger partial charge in [0, 0.05) is 5.25 Å². The summed E-state index contributed by atoms with van der Waals surface area (Å²) in [5.41, 5.74) is 0. The van der Waals surface area contributed by atoms with Crippen LogP contribution in [0.15, 0.2) is 4.52 Å². The molecule has 2 atom stereocenters. The van der Waals surface area contributed by atoms with Crippen molar-refractivity contribution in [1.29, 1.82) is 0 Å². The van der Waals surface area contributed by atoms with Crippen molar-refractivity contribution in [2.45, 2.75) is 69.5 Å². The lowest BCUT2D eigenvalue weighted by atomic mass is 9.98. The second-order valence-corrected chi connectivity index (χ2v) is 6.88. The van der Waals surface area contributed by atoms with E-state index in [1.165, 1.54) is 12.8 Å². The van der Waals surface area contributed by atoms with Crippen LogP contribution in [0.5, 0.6) is 0 Å². The number of aliphatic hydroxyl groups is 1. The van der Waals surface area contributed by atoms with E-state index in [4.69, 9.17) is 4.52 Å². The van der Waals surface area contributed by atoms with Gasteiger partial charge in [-0.15, -0.1) is 0 Å². The molecule has 0 radical (unpaired) electrons. The van der Waals surface area contributed by atoms with Crippen molar-refractivity contribution >= 4 is 11.8 Å². The summed E-state index contributed by atoms with van der Waals surface area (Å²) < 4.78 is 5.23. The van der Waals surface area contributed by atoms with Crippen LogP contribution in [0.3, 0.4) is 0 Å². The van der Waals surface area contributed by atoms with Gasteiger partial charge in [-0.2, -0.15) is 16.7 Å². The lowest BCUT2D eigenvalue weighted by molar-refractivity contribution is 0.102. The minimum atomic E-state index is -0.321. The largest absolute Gasteiger partial charge is 0.392 e. The van der Waals surface area contributed by atoms with Crippen LogP contribution in [0.25, 0.3) is 0 Å². The van der Waals surface area contributed by atoms with Gasteiger partial charge in [0.1, 0.15) is 0 Å². The Hall–Kier alpha value is -0.550. The Morgan fingerprint density at radius 1 is 1.42 bits per heavy atom. The molecule has 4 nitrogen and oxygen atoms in total. The third-order valence-corrected chi connectivity index (χ3v) is 5.24. The zero-order valence-electron chi connectivity index (χ0n) is 11.8. The number of nitrogens with zero attached hydrogens (tertiary/aromatic N) is 2. The molecule has 1 N–H and O–H groups in total. The van der Waals surface area contributed by atoms with Gasteiger partial charge in [-0.25, -0.2) is 0 Å². The molecule has 0 aliphatic heterocycles. The Morgan fingerprint density at radius 3 is 2.84 bits per heavy atom. The molecule has 19 heavy (non-hydrogen) atoms. The Morgan fingerprint density at radius 2 is 2.16 bits per heavy atom. The van der Waals surface area contributed by atoms with Gasteiger partial charge < -0.3 is 9.63 Å². The van der Waals surface area contributed by atoms with Gasteiger partial charge in [0.05, 0.1) is 18.3 Å². The highest BCUT2D eigenvalue weighted by molar-refractivity contribution is 7.99. The summed E-state index contributed by atoms with van der Waals surface area (Å²) in [6.45, 7) is 4.38. The van der Waals surface area contributed by atoms with Crippen molar-refractivity contribution < 1.29 is 9.63 Å². The predicted octanol–water partition coefficient (Wildman–Crippen LogP) is 3.19. The Kier molecular flexibility index (Phi) is 5.70. The summed E-state index contributed by atoms with van der Waals surface area (Å²) in [6.07, 6.45) is 6.07. The van der Waals surface area contributed by atoms with Gasteiger partial charge in [-0.3, -0.25) is 0 Å². The zero-order chi connectivity index (χ0) is 13.7. The lowest BCUT2D eigenvalue weighted by Gasteiger charge is -2.14. The first-order valence-electron chi connectivity index (χ1n) is 7.30. The monoisotopic (exact) mass is 284 g/mol. The fraction of sp³-hybridized carbons (Fsp3) is 0.857. The van der Waals surface area contributed by atoms with Crippen molar-refractivity contribution in [3.63, 3.8) is 0 Å². The summed E-state index contributed by atoms with van der Waals surface area (Å²) >= 11 is 1.84. The number of rotatable bonds is 7. The van der Waals surface area contributed by atoms with Gasteiger partial charge >= 0.3 is 0 Å². The molecule has 1 aliphatic carbocycles. The summed E-state index contributed by atoms with van der Waals surface area (Å²) in [6, 6.07) is 0. The number of aromatic nitrogens is 2. The van der Waals surface area contributed by atoms with Crippen molar-refractivity contribution in [3.8, 4) is 0 Å². The Labute approximate surface area is 119 Å². The summed E-state index contributed by atoms with van der Waals surface area (Å²) in [5, 5.41) is 14.7. The standard InChI is InChI=1S/C14H24N2O2S/c1-3-10(2)19-9-13-15-14(18-16-13)8-12(17)11-6-4-5-7-11/h10-12,17H,3-9H2,1-2H3. The van der Waals surface area contributed by atoms with Gasteiger partial charge in [0.2, 0.25) is 5.89 Å². The zero-order valence-corrected chi connectivity index (χ0v) is 12.7. The number of hydrogen-bond acceptors (Lipinski definition) is 5. The third-order valence-electron chi connectivity index (χ3n) is 3.91. The second-order valence-electron chi connectivity index (χ2n) is 5.45. The highest BCUT2D eigenvalue weighted by Gasteiger charge is 2.25. The first-order chi connectivity index (χ1) is 9.19. The van der Waals surface area contributed by atoms with Gasteiger partial charge in [-0.1, -0.05) is 31.8 Å². The van der Waals surface area contributed by atoms with Crippen molar-refractivity contribution in [2.24, 2.45) is 5.92 Å². The number of thioether (sulfide) groups is 1. The van der Waals surface area contributed by atoms with Crippen molar-refractivity contribution in [2.75, 3.05) is 0 Å². The maximum absolute atomic E-state index is 10.1. The first-order valence-corrected chi connectivity index (χ1v) is 8.35. The van der Waals surface area contributed by atoms with E-state index in [0.29, 0.717) is 23.5 Å². The molecule has 1 fully saturated rings. The smallest absolute Gasteiger partial charge is 0.229 e. The van der Waals surface area contributed by atoms with E-state index in [9.17, 15) is 5.11 Å². The molecule has 2 unspecified atom stereocenters. The molecule has 0 amide bonds. The second kappa shape index (κ2) is 7.29. The maximum Gasteiger partial charge on any atom is 0.229 e. The lowest BCUT2D eigenvalue weighted by Crippen LogP contribution is -2.20. The van der Waals surface area contributed by atoms with Crippen LogP contribution in [0, 0.1) is 5.92 Å².